The average Bonchev–Trinajstić information content (AvgIpc) is 3.44. The number of nitrogen functional groups attached to an aromatic ring is 1. The summed E-state index contributed by atoms with van der Waals surface area (Å²) in [4.78, 5) is 21.7. The minimum atomic E-state index is -4.77. The van der Waals surface area contributed by atoms with Gasteiger partial charge in [0.2, 0.25) is 17.9 Å². The van der Waals surface area contributed by atoms with Gasteiger partial charge in [0, 0.05) is 31.3 Å². The molecule has 2 aliphatic heterocycles. The summed E-state index contributed by atoms with van der Waals surface area (Å²) < 4.78 is 50.0. The van der Waals surface area contributed by atoms with E-state index in [2.05, 4.69) is 15.3 Å². The van der Waals surface area contributed by atoms with Crippen LogP contribution in [0.15, 0.2) is 84.9 Å². The third kappa shape index (κ3) is 6.19. The predicted octanol–water partition coefficient (Wildman–Crippen LogP) is 6.11. The maximum atomic E-state index is 14.8. The van der Waals surface area contributed by atoms with Gasteiger partial charge in [-0.05, 0) is 53.0 Å². The molecule has 0 bridgehead atoms. The summed E-state index contributed by atoms with van der Waals surface area (Å²) in [7, 11) is 0. The van der Waals surface area contributed by atoms with Crippen LogP contribution in [-0.4, -0.2) is 52.9 Å². The predicted molar refractivity (Wildman–Crippen MR) is 161 cm³/mol. The van der Waals surface area contributed by atoms with Crippen molar-refractivity contribution in [1.29, 1.82) is 0 Å². The molecule has 0 radical (unpaired) electrons. The lowest BCUT2D eigenvalue weighted by molar-refractivity contribution is -0.198. The monoisotopic (exact) mass is 603 g/mol. The second-order valence-corrected chi connectivity index (χ2v) is 11.5. The number of carboxylic acid groups (broad SMARTS) is 1. The molecule has 11 heteroatoms. The van der Waals surface area contributed by atoms with Crippen molar-refractivity contribution in [2.24, 2.45) is 5.41 Å². The van der Waals surface area contributed by atoms with Crippen LogP contribution in [0.25, 0.3) is 22.3 Å². The molecule has 6 rings (SSSR count). The van der Waals surface area contributed by atoms with Gasteiger partial charge in [-0.15, -0.1) is 0 Å². The lowest BCUT2D eigenvalue weighted by Crippen LogP contribution is -2.41. The van der Waals surface area contributed by atoms with Crippen molar-refractivity contribution in [2.45, 2.75) is 37.6 Å². The summed E-state index contributed by atoms with van der Waals surface area (Å²) in [5.41, 5.74) is 8.45. The fraction of sp³-hybridized carbons (Fsp3) is 0.303. The summed E-state index contributed by atoms with van der Waals surface area (Å²) >= 11 is 0. The number of rotatable bonds is 7. The lowest BCUT2D eigenvalue weighted by atomic mass is 9.76. The molecule has 4 aromatic rings. The van der Waals surface area contributed by atoms with Gasteiger partial charge in [0.05, 0.1) is 0 Å². The van der Waals surface area contributed by atoms with Crippen LogP contribution in [0.2, 0.25) is 0 Å². The van der Waals surface area contributed by atoms with Gasteiger partial charge in [-0.25, -0.2) is 0 Å². The van der Waals surface area contributed by atoms with Crippen molar-refractivity contribution in [3.8, 4) is 28.1 Å². The first-order valence-electron chi connectivity index (χ1n) is 14.4. The molecule has 1 spiro atoms. The van der Waals surface area contributed by atoms with E-state index >= 15 is 0 Å². The van der Waals surface area contributed by atoms with Crippen LogP contribution in [0.5, 0.6) is 5.88 Å². The fourth-order valence-corrected chi connectivity index (χ4v) is 6.23. The van der Waals surface area contributed by atoms with Gasteiger partial charge in [0.1, 0.15) is 11.9 Å². The molecule has 8 nitrogen and oxygen atoms in total. The number of nitrogens with zero attached hydrogens (tertiary/aromatic N) is 3. The van der Waals surface area contributed by atoms with E-state index in [1.165, 1.54) is 12.1 Å². The normalized spacial score (nSPS) is 18.7. The van der Waals surface area contributed by atoms with Crippen molar-refractivity contribution < 1.29 is 27.8 Å². The molecule has 3 aromatic carbocycles. The summed E-state index contributed by atoms with van der Waals surface area (Å²) in [5.74, 6) is -0.977. The molecule has 2 aliphatic rings. The molecular formula is C33H32F3N5O3. The van der Waals surface area contributed by atoms with E-state index < -0.39 is 24.3 Å². The van der Waals surface area contributed by atoms with Crippen molar-refractivity contribution >= 4 is 17.7 Å². The Morgan fingerprint density at radius 3 is 2.23 bits per heavy atom. The van der Waals surface area contributed by atoms with Crippen LogP contribution >= 0.6 is 0 Å². The molecule has 1 aromatic heterocycles. The number of hydrogen-bond donors (Lipinski definition) is 3. The first-order valence-corrected chi connectivity index (χ1v) is 14.4. The molecule has 2 saturated heterocycles. The number of aliphatic carboxylic acids is 1. The van der Waals surface area contributed by atoms with Crippen LogP contribution in [0.1, 0.15) is 30.9 Å². The number of nitrogens with two attached hydrogens (primary N) is 1. The number of halogens is 3. The topological polar surface area (TPSA) is 114 Å². The van der Waals surface area contributed by atoms with Gasteiger partial charge < -0.3 is 25.8 Å². The van der Waals surface area contributed by atoms with Crippen molar-refractivity contribution in [3.63, 3.8) is 0 Å². The van der Waals surface area contributed by atoms with Gasteiger partial charge in [-0.2, -0.15) is 23.1 Å². The second-order valence-electron chi connectivity index (χ2n) is 11.5. The van der Waals surface area contributed by atoms with Crippen LogP contribution in [-0.2, 0) is 4.79 Å². The van der Waals surface area contributed by atoms with E-state index in [1.807, 2.05) is 41.3 Å². The Morgan fingerprint density at radius 1 is 0.955 bits per heavy atom. The standard InChI is InChI=1S/C33H32F3N5O3/c34-33(35,36)29(24-12-11-23(21-7-3-1-4-8-21)17-25(24)22-9-5-2-6-10-22)44-28-18-27(39-31(37)40-28)41-15-13-32(14-16-41)19-26(30(42)43)38-20-32/h1-12,17-18,26,29,38H,13-16,19-20H2,(H,42,43)(H2,37,39,40)/t26?,29-/m1/s1. The number of aromatic nitrogens is 2. The minimum Gasteiger partial charge on any atom is -0.480 e. The fourth-order valence-electron chi connectivity index (χ4n) is 6.23. The zero-order valence-corrected chi connectivity index (χ0v) is 23.8. The number of carboxylic acids is 1. The van der Waals surface area contributed by atoms with Crippen LogP contribution in [0.3, 0.4) is 0 Å². The van der Waals surface area contributed by atoms with E-state index in [9.17, 15) is 23.1 Å². The Balaban J connectivity index is 1.30. The highest BCUT2D eigenvalue weighted by Crippen LogP contribution is 2.44. The molecule has 228 valence electrons. The Morgan fingerprint density at radius 2 is 1.61 bits per heavy atom. The minimum absolute atomic E-state index is 0.0521. The van der Waals surface area contributed by atoms with Crippen molar-refractivity contribution in [1.82, 2.24) is 15.3 Å². The SMILES string of the molecule is Nc1nc(O[C@H](c2ccc(-c3ccccc3)cc2-c2ccccc2)C(F)(F)F)cc(N2CCC3(CC2)CNC(C(=O)O)C3)n1. The number of carbonyl (C=O) groups is 1. The average molecular weight is 604 g/mol. The Hall–Kier alpha value is -4.64. The number of ether oxygens (including phenoxy) is 1. The van der Waals surface area contributed by atoms with E-state index in [0.29, 0.717) is 55.8 Å². The third-order valence-corrected chi connectivity index (χ3v) is 8.58. The van der Waals surface area contributed by atoms with Gasteiger partial charge in [0.15, 0.2) is 0 Å². The van der Waals surface area contributed by atoms with Gasteiger partial charge in [-0.3, -0.25) is 4.79 Å². The van der Waals surface area contributed by atoms with Crippen LogP contribution in [0, 0.1) is 5.41 Å². The molecular weight excluding hydrogens is 571 g/mol. The van der Waals surface area contributed by atoms with E-state index in [1.54, 1.807) is 36.4 Å². The number of alkyl halides is 3. The number of nitrogens with one attached hydrogen (secondary N) is 1. The molecule has 2 fully saturated rings. The molecule has 3 heterocycles. The quantitative estimate of drug-likeness (QED) is 0.232. The van der Waals surface area contributed by atoms with Crippen molar-refractivity contribution in [3.05, 3.63) is 90.5 Å². The van der Waals surface area contributed by atoms with Gasteiger partial charge in [-0.1, -0.05) is 72.8 Å². The van der Waals surface area contributed by atoms with Crippen LogP contribution in [0.4, 0.5) is 24.9 Å². The summed E-state index contributed by atoms with van der Waals surface area (Å²) in [6.45, 7) is 1.70. The largest absolute Gasteiger partial charge is 0.480 e. The Labute approximate surface area is 252 Å². The molecule has 0 saturated carbocycles. The first kappa shape index (κ1) is 29.4. The lowest BCUT2D eigenvalue weighted by Gasteiger charge is -2.39. The molecule has 44 heavy (non-hydrogen) atoms. The highest BCUT2D eigenvalue weighted by Gasteiger charge is 2.46. The van der Waals surface area contributed by atoms with Crippen molar-refractivity contribution in [2.75, 3.05) is 30.3 Å². The maximum Gasteiger partial charge on any atom is 0.429 e. The highest BCUT2D eigenvalue weighted by atomic mass is 19.4. The number of hydrogen-bond acceptors (Lipinski definition) is 7. The number of anilines is 2. The third-order valence-electron chi connectivity index (χ3n) is 8.58. The van der Waals surface area contributed by atoms with E-state index in [4.69, 9.17) is 10.5 Å². The smallest absolute Gasteiger partial charge is 0.429 e. The molecule has 0 amide bonds. The zero-order valence-electron chi connectivity index (χ0n) is 23.8. The van der Waals surface area contributed by atoms with Gasteiger partial charge in [0.25, 0.3) is 0 Å². The number of piperidine rings is 1. The highest BCUT2D eigenvalue weighted by molar-refractivity contribution is 5.76. The molecule has 0 aliphatic carbocycles. The van der Waals surface area contributed by atoms with E-state index in [0.717, 1.165) is 11.1 Å². The number of benzene rings is 3. The maximum absolute atomic E-state index is 14.8. The molecule has 1 unspecified atom stereocenters. The zero-order chi connectivity index (χ0) is 30.9. The molecule has 2 atom stereocenters. The molecule has 4 N–H and O–H groups in total. The van der Waals surface area contributed by atoms with Crippen LogP contribution < -0.4 is 20.7 Å². The summed E-state index contributed by atoms with van der Waals surface area (Å²) in [6, 6.07) is 24.0. The Kier molecular flexibility index (Phi) is 7.89. The Bertz CT molecular complexity index is 1630. The first-order chi connectivity index (χ1) is 21.1. The summed E-state index contributed by atoms with van der Waals surface area (Å²) in [6.07, 6.45) is -5.14. The second kappa shape index (κ2) is 11.8. The van der Waals surface area contributed by atoms with Gasteiger partial charge >= 0.3 is 12.1 Å². The summed E-state index contributed by atoms with van der Waals surface area (Å²) in [5, 5.41) is 12.5. The van der Waals surface area contributed by atoms with E-state index in [-0.39, 0.29) is 22.8 Å².